The molecule has 6 aromatic rings. The maximum absolute atomic E-state index is 14.0. The standard InChI is InChI=1S/C26H23F3N2O5.C26H25F3N2O3.CO2/c1-3-16(2)12-31-13-20(25(34)30-11-19-21(28)9-18(27)10-22(19)29)23(33)24(26(31)36-15-32)35-14-17-7-5-4-6-8-17;1-4-16(2)13-31-14-21(26(33)30-12-20-22(28)10-19(27)11-23(20)29)24(32)25(17(31)3)34-15-18-8-6-5-7-9-18;2-1-3/h3-10,13,15-16H,1,11-12,14H2,2H3,(H,30,34);4-11,14,16H,1,12-13,15H2,2-3H3,(H,30,33);. The van der Waals surface area contributed by atoms with Crippen LogP contribution in [0, 0.1) is 53.7 Å². The van der Waals surface area contributed by atoms with Gasteiger partial charge in [-0.05, 0) is 29.9 Å². The molecule has 2 heterocycles. The van der Waals surface area contributed by atoms with Crippen molar-refractivity contribution in [1.82, 2.24) is 19.8 Å². The quantitative estimate of drug-likeness (QED) is 0.0428. The van der Waals surface area contributed by atoms with Crippen molar-refractivity contribution >= 4 is 24.4 Å². The number of pyridine rings is 2. The van der Waals surface area contributed by atoms with E-state index >= 15 is 0 Å². The first-order valence-electron chi connectivity index (χ1n) is 21.9. The number of aromatic nitrogens is 2. The molecule has 2 aromatic heterocycles. The monoisotopic (exact) mass is 1010 g/mol. The predicted molar refractivity (Wildman–Crippen MR) is 253 cm³/mol. The smallest absolute Gasteiger partial charge is 0.373 e. The molecule has 4 aromatic carbocycles. The summed E-state index contributed by atoms with van der Waals surface area (Å²) in [5.41, 5.74) is -1.22. The minimum atomic E-state index is -1.19. The fourth-order valence-corrected chi connectivity index (χ4v) is 6.70. The first-order chi connectivity index (χ1) is 34.9. The summed E-state index contributed by atoms with van der Waals surface area (Å²) in [6, 6.07) is 20.1. The van der Waals surface area contributed by atoms with Crippen molar-refractivity contribution in [3.05, 3.63) is 217 Å². The zero-order chi connectivity index (χ0) is 53.8. The van der Waals surface area contributed by atoms with Gasteiger partial charge in [0.05, 0.1) is 5.69 Å². The Hall–Kier alpha value is -8.77. The second kappa shape index (κ2) is 27.6. The molecule has 0 aliphatic rings. The third-order valence-electron chi connectivity index (χ3n) is 10.6. The van der Waals surface area contributed by atoms with Crippen molar-refractivity contribution in [2.45, 2.75) is 60.2 Å². The molecule has 0 saturated carbocycles. The van der Waals surface area contributed by atoms with E-state index in [0.717, 1.165) is 11.8 Å². The molecule has 0 radical (unpaired) electrons. The summed E-state index contributed by atoms with van der Waals surface area (Å²) >= 11 is 0. The van der Waals surface area contributed by atoms with E-state index in [9.17, 15) is 50.3 Å². The molecular formula is C53H48F6N4O10. The number of ether oxygens (including phenoxy) is 3. The van der Waals surface area contributed by atoms with Gasteiger partial charge in [-0.3, -0.25) is 24.0 Å². The molecule has 0 fully saturated rings. The van der Waals surface area contributed by atoms with Gasteiger partial charge in [0.2, 0.25) is 22.5 Å². The second-order valence-corrected chi connectivity index (χ2v) is 15.9. The number of allylic oxidation sites excluding steroid dienone is 2. The molecule has 0 bridgehead atoms. The Bertz CT molecular complexity index is 3040. The number of rotatable bonds is 20. The molecule has 2 atom stereocenters. The van der Waals surface area contributed by atoms with Gasteiger partial charge in [0, 0.05) is 74.0 Å². The zero-order valence-electron chi connectivity index (χ0n) is 39.5. The average molecular weight is 1010 g/mol. The molecule has 0 saturated heterocycles. The van der Waals surface area contributed by atoms with Crippen molar-refractivity contribution in [1.29, 1.82) is 0 Å². The van der Waals surface area contributed by atoms with Crippen LogP contribution in [0.5, 0.6) is 17.4 Å². The Morgan fingerprint density at radius 2 is 1.01 bits per heavy atom. The third kappa shape index (κ3) is 15.9. The summed E-state index contributed by atoms with van der Waals surface area (Å²) in [6.45, 7) is 12.5. The van der Waals surface area contributed by atoms with E-state index in [1.807, 2.05) is 37.3 Å². The van der Waals surface area contributed by atoms with Gasteiger partial charge in [0.15, 0.2) is 5.75 Å². The molecule has 73 heavy (non-hydrogen) atoms. The Labute approximate surface area is 414 Å². The van der Waals surface area contributed by atoms with Gasteiger partial charge >= 0.3 is 6.15 Å². The molecule has 2 N–H and O–H groups in total. The average Bonchev–Trinajstić information content (AvgIpc) is 3.35. The topological polar surface area (TPSA) is 181 Å². The second-order valence-electron chi connectivity index (χ2n) is 15.9. The molecule has 0 spiro atoms. The van der Waals surface area contributed by atoms with Crippen LogP contribution in [0.15, 0.2) is 132 Å². The van der Waals surface area contributed by atoms with E-state index in [1.54, 1.807) is 60.9 Å². The Kier molecular flexibility index (Phi) is 21.5. The number of benzene rings is 4. The lowest BCUT2D eigenvalue weighted by Gasteiger charge is -2.19. The van der Waals surface area contributed by atoms with E-state index in [2.05, 4.69) is 23.8 Å². The van der Waals surface area contributed by atoms with E-state index in [0.29, 0.717) is 42.1 Å². The highest BCUT2D eigenvalue weighted by molar-refractivity contribution is 5.95. The molecular weight excluding hydrogens is 967 g/mol. The summed E-state index contributed by atoms with van der Waals surface area (Å²) in [7, 11) is 0. The lowest BCUT2D eigenvalue weighted by molar-refractivity contribution is -0.191. The largest absolute Gasteiger partial charge is 0.483 e. The predicted octanol–water partition coefficient (Wildman–Crippen LogP) is 8.45. The van der Waals surface area contributed by atoms with Crippen LogP contribution in [-0.4, -0.2) is 33.6 Å². The SMILES string of the molecule is C=CC(C)Cn1cc(C(=O)NCc2c(F)cc(F)cc2F)c(=O)c(OCc2ccccc2)c1C.C=CC(C)Cn1cc(C(=O)NCc2c(F)cc(F)cc2F)c(=O)c(OCc2ccccc2)c1OC=O.O=C=O. The molecule has 382 valence electrons. The number of amides is 2. The molecule has 2 amide bonds. The van der Waals surface area contributed by atoms with E-state index in [4.69, 9.17) is 23.8 Å². The first kappa shape index (κ1) is 56.8. The number of carbonyl (C=O) groups is 3. The Balaban J connectivity index is 0.000000301. The summed E-state index contributed by atoms with van der Waals surface area (Å²) < 4.78 is 102. The van der Waals surface area contributed by atoms with Crippen LogP contribution >= 0.6 is 0 Å². The van der Waals surface area contributed by atoms with Crippen LogP contribution in [0.25, 0.3) is 0 Å². The highest BCUT2D eigenvalue weighted by Crippen LogP contribution is 2.27. The minimum Gasteiger partial charge on any atom is -0.483 e. The van der Waals surface area contributed by atoms with Crippen LogP contribution in [-0.2, 0) is 53.8 Å². The molecule has 6 rings (SSSR count). The van der Waals surface area contributed by atoms with Gasteiger partial charge in [-0.1, -0.05) is 86.7 Å². The minimum absolute atomic E-state index is 0.00640. The normalized spacial score (nSPS) is 11.2. The molecule has 0 aliphatic carbocycles. The first-order valence-corrected chi connectivity index (χ1v) is 21.9. The number of carbonyl (C=O) groups excluding carboxylic acids is 5. The zero-order valence-corrected chi connectivity index (χ0v) is 39.5. The molecule has 20 heteroatoms. The molecule has 0 aliphatic heterocycles. The van der Waals surface area contributed by atoms with Crippen LogP contribution in [0.2, 0.25) is 0 Å². The van der Waals surface area contributed by atoms with Crippen molar-refractivity contribution in [2.24, 2.45) is 11.8 Å². The van der Waals surface area contributed by atoms with Crippen molar-refractivity contribution < 1.29 is 64.5 Å². The van der Waals surface area contributed by atoms with Crippen LogP contribution in [0.1, 0.15) is 62.5 Å². The van der Waals surface area contributed by atoms with Crippen LogP contribution in [0.4, 0.5) is 26.3 Å². The summed E-state index contributed by atoms with van der Waals surface area (Å²) in [6.07, 6.45) is 6.15. The van der Waals surface area contributed by atoms with Gasteiger partial charge < -0.3 is 34.0 Å². The Morgan fingerprint density at radius 1 is 0.644 bits per heavy atom. The fraction of sp³-hybridized carbons (Fsp3) is 0.208. The lowest BCUT2D eigenvalue weighted by atomic mass is 10.1. The van der Waals surface area contributed by atoms with Crippen molar-refractivity contribution in [3.63, 3.8) is 0 Å². The van der Waals surface area contributed by atoms with Gasteiger partial charge in [-0.15, -0.1) is 13.2 Å². The van der Waals surface area contributed by atoms with Crippen LogP contribution < -0.4 is 35.7 Å². The van der Waals surface area contributed by atoms with E-state index in [-0.39, 0.29) is 61.4 Å². The van der Waals surface area contributed by atoms with E-state index < -0.39 is 93.1 Å². The fourth-order valence-electron chi connectivity index (χ4n) is 6.70. The maximum Gasteiger partial charge on any atom is 0.373 e. The number of nitrogens with one attached hydrogen (secondary N) is 2. The van der Waals surface area contributed by atoms with Crippen LogP contribution in [0.3, 0.4) is 0 Å². The molecule has 14 nitrogen and oxygen atoms in total. The highest BCUT2D eigenvalue weighted by atomic mass is 19.2. The Morgan fingerprint density at radius 3 is 1.41 bits per heavy atom. The van der Waals surface area contributed by atoms with E-state index in [1.165, 1.54) is 10.8 Å². The third-order valence-corrected chi connectivity index (χ3v) is 10.6. The number of hydrogen-bond donors (Lipinski definition) is 2. The maximum atomic E-state index is 14.0. The summed E-state index contributed by atoms with van der Waals surface area (Å²) in [5, 5.41) is 4.61. The summed E-state index contributed by atoms with van der Waals surface area (Å²) in [5.74, 6) is -9.36. The van der Waals surface area contributed by atoms with Gasteiger partial charge in [-0.2, -0.15) is 9.59 Å². The van der Waals surface area contributed by atoms with Gasteiger partial charge in [-0.25, -0.2) is 26.3 Å². The summed E-state index contributed by atoms with van der Waals surface area (Å²) in [4.78, 5) is 79.5. The van der Waals surface area contributed by atoms with Crippen molar-refractivity contribution in [3.8, 4) is 17.4 Å². The van der Waals surface area contributed by atoms with Crippen molar-refractivity contribution in [2.75, 3.05) is 0 Å². The number of nitrogens with zero attached hydrogens (tertiary/aromatic N) is 2. The number of hydrogen-bond acceptors (Lipinski definition) is 10. The lowest BCUT2D eigenvalue weighted by Crippen LogP contribution is -2.31. The molecule has 2 unspecified atom stereocenters. The van der Waals surface area contributed by atoms with Gasteiger partial charge in [0.1, 0.15) is 59.2 Å². The highest BCUT2D eigenvalue weighted by Gasteiger charge is 2.25. The van der Waals surface area contributed by atoms with Gasteiger partial charge in [0.25, 0.3) is 18.3 Å². The number of halogens is 6.